The molecule has 114 valence electrons. The summed E-state index contributed by atoms with van der Waals surface area (Å²) in [5, 5.41) is 9.29. The number of aliphatic hydroxyl groups excluding tert-OH is 1. The molecule has 0 atom stereocenters. The lowest BCUT2D eigenvalue weighted by Crippen LogP contribution is -2.37. The Balaban J connectivity index is 2.39. The first kappa shape index (κ1) is 15.4. The average Bonchev–Trinajstić information content (AvgIpc) is 2.74. The molecule has 7 heteroatoms. The molecular weight excluding hydrogens is 287 g/mol. The van der Waals surface area contributed by atoms with Crippen LogP contribution in [0.4, 0.5) is 13.2 Å². The van der Waals surface area contributed by atoms with Gasteiger partial charge in [-0.05, 0) is 25.1 Å². The van der Waals surface area contributed by atoms with Crippen LogP contribution in [0.5, 0.6) is 0 Å². The Hall–Kier alpha value is -2.02. The SMILES string of the molecule is Cc1c(C(=O)N(CCO)CC(F)F)oc2ccc(F)cc12. The van der Waals surface area contributed by atoms with Crippen molar-refractivity contribution in [1.82, 2.24) is 4.90 Å². The van der Waals surface area contributed by atoms with Crippen molar-refractivity contribution in [2.75, 3.05) is 19.7 Å². The van der Waals surface area contributed by atoms with E-state index in [1.54, 1.807) is 6.92 Å². The fourth-order valence-electron chi connectivity index (χ4n) is 2.10. The van der Waals surface area contributed by atoms with Gasteiger partial charge in [0.2, 0.25) is 0 Å². The normalized spacial score (nSPS) is 11.3. The molecule has 0 saturated carbocycles. The molecule has 4 nitrogen and oxygen atoms in total. The third-order valence-corrected chi connectivity index (χ3v) is 3.11. The van der Waals surface area contributed by atoms with Gasteiger partial charge >= 0.3 is 0 Å². The summed E-state index contributed by atoms with van der Waals surface area (Å²) in [7, 11) is 0. The fourth-order valence-corrected chi connectivity index (χ4v) is 2.10. The van der Waals surface area contributed by atoms with Gasteiger partial charge in [0.25, 0.3) is 12.3 Å². The third kappa shape index (κ3) is 3.18. The molecular formula is C14H14F3NO3. The van der Waals surface area contributed by atoms with Crippen molar-refractivity contribution in [1.29, 1.82) is 0 Å². The van der Waals surface area contributed by atoms with Crippen LogP contribution in [0.3, 0.4) is 0 Å². The van der Waals surface area contributed by atoms with Crippen LogP contribution >= 0.6 is 0 Å². The number of benzene rings is 1. The quantitative estimate of drug-likeness (QED) is 0.923. The van der Waals surface area contributed by atoms with Crippen molar-refractivity contribution in [3.63, 3.8) is 0 Å². The third-order valence-electron chi connectivity index (χ3n) is 3.11. The molecule has 0 unspecified atom stereocenters. The highest BCUT2D eigenvalue weighted by molar-refractivity contribution is 5.98. The number of halogens is 3. The maximum absolute atomic E-state index is 13.2. The number of hydrogen-bond acceptors (Lipinski definition) is 3. The van der Waals surface area contributed by atoms with Crippen molar-refractivity contribution in [2.24, 2.45) is 0 Å². The lowest BCUT2D eigenvalue weighted by molar-refractivity contribution is 0.0484. The summed E-state index contributed by atoms with van der Waals surface area (Å²) in [4.78, 5) is 13.1. The van der Waals surface area contributed by atoms with E-state index in [1.165, 1.54) is 18.2 Å². The number of aryl methyl sites for hydroxylation is 1. The van der Waals surface area contributed by atoms with Gasteiger partial charge in [0, 0.05) is 17.5 Å². The Bertz CT molecular complexity index is 654. The van der Waals surface area contributed by atoms with Crippen LogP contribution in [-0.4, -0.2) is 42.0 Å². The fraction of sp³-hybridized carbons (Fsp3) is 0.357. The van der Waals surface area contributed by atoms with Gasteiger partial charge < -0.3 is 14.4 Å². The second-order valence-electron chi connectivity index (χ2n) is 4.56. The molecule has 0 aliphatic rings. The van der Waals surface area contributed by atoms with Gasteiger partial charge in [-0.1, -0.05) is 0 Å². The zero-order chi connectivity index (χ0) is 15.6. The molecule has 0 spiro atoms. The predicted molar refractivity (Wildman–Crippen MR) is 69.9 cm³/mol. The molecule has 0 aliphatic carbocycles. The number of aliphatic hydroxyl groups is 1. The van der Waals surface area contributed by atoms with Crippen LogP contribution in [0.15, 0.2) is 22.6 Å². The first-order valence-corrected chi connectivity index (χ1v) is 6.31. The largest absolute Gasteiger partial charge is 0.451 e. The van der Waals surface area contributed by atoms with Crippen LogP contribution in [-0.2, 0) is 0 Å². The number of nitrogens with zero attached hydrogens (tertiary/aromatic N) is 1. The van der Waals surface area contributed by atoms with Crippen molar-refractivity contribution in [3.8, 4) is 0 Å². The molecule has 0 aliphatic heterocycles. The first-order chi connectivity index (χ1) is 9.93. The van der Waals surface area contributed by atoms with Crippen molar-refractivity contribution in [3.05, 3.63) is 35.3 Å². The van der Waals surface area contributed by atoms with E-state index in [-0.39, 0.29) is 12.3 Å². The number of amides is 1. The Morgan fingerprint density at radius 3 is 2.76 bits per heavy atom. The van der Waals surface area contributed by atoms with Gasteiger partial charge in [-0.2, -0.15) is 0 Å². The molecule has 1 N–H and O–H groups in total. The zero-order valence-corrected chi connectivity index (χ0v) is 11.3. The van der Waals surface area contributed by atoms with E-state index in [9.17, 15) is 18.0 Å². The molecule has 1 heterocycles. The summed E-state index contributed by atoms with van der Waals surface area (Å²) < 4.78 is 43.5. The van der Waals surface area contributed by atoms with E-state index in [0.717, 1.165) is 4.90 Å². The highest BCUT2D eigenvalue weighted by Crippen LogP contribution is 2.27. The predicted octanol–water partition coefficient (Wildman–Crippen LogP) is 2.58. The zero-order valence-electron chi connectivity index (χ0n) is 11.3. The van der Waals surface area contributed by atoms with E-state index < -0.39 is 31.3 Å². The molecule has 0 fully saturated rings. The number of hydrogen-bond donors (Lipinski definition) is 1. The summed E-state index contributed by atoms with van der Waals surface area (Å²) in [5.74, 6) is -1.35. The summed E-state index contributed by atoms with van der Waals surface area (Å²) in [5.41, 5.74) is 0.685. The van der Waals surface area contributed by atoms with E-state index >= 15 is 0 Å². The average molecular weight is 301 g/mol. The summed E-state index contributed by atoms with van der Waals surface area (Å²) >= 11 is 0. The smallest absolute Gasteiger partial charge is 0.290 e. The Labute approximate surface area is 118 Å². The van der Waals surface area contributed by atoms with Crippen LogP contribution in [0, 0.1) is 12.7 Å². The standard InChI is InChI=1S/C14H14F3NO3/c1-8-10-6-9(15)2-3-11(10)21-13(8)14(20)18(4-5-19)7-12(16)17/h2-3,6,12,19H,4-5,7H2,1H3. The number of alkyl halides is 2. The van der Waals surface area contributed by atoms with Gasteiger partial charge in [-0.3, -0.25) is 4.79 Å². The van der Waals surface area contributed by atoms with Gasteiger partial charge in [-0.15, -0.1) is 0 Å². The summed E-state index contributed by atoms with van der Waals surface area (Å²) in [6.45, 7) is 0.0859. The van der Waals surface area contributed by atoms with Gasteiger partial charge in [0.05, 0.1) is 13.2 Å². The van der Waals surface area contributed by atoms with Gasteiger partial charge in [-0.25, -0.2) is 13.2 Å². The Morgan fingerprint density at radius 2 is 2.14 bits per heavy atom. The van der Waals surface area contributed by atoms with Crippen LogP contribution in [0.25, 0.3) is 11.0 Å². The van der Waals surface area contributed by atoms with E-state index in [0.29, 0.717) is 16.5 Å². The number of rotatable bonds is 5. The molecule has 0 radical (unpaired) electrons. The molecule has 21 heavy (non-hydrogen) atoms. The van der Waals surface area contributed by atoms with E-state index in [1.807, 2.05) is 0 Å². The Morgan fingerprint density at radius 1 is 1.43 bits per heavy atom. The van der Waals surface area contributed by atoms with E-state index in [2.05, 4.69) is 0 Å². The molecule has 2 aromatic rings. The minimum Gasteiger partial charge on any atom is -0.451 e. The molecule has 1 aromatic carbocycles. The highest BCUT2D eigenvalue weighted by Gasteiger charge is 2.25. The molecule has 0 saturated heterocycles. The second-order valence-corrected chi connectivity index (χ2v) is 4.56. The topological polar surface area (TPSA) is 53.7 Å². The van der Waals surface area contributed by atoms with Crippen molar-refractivity contribution in [2.45, 2.75) is 13.3 Å². The molecule has 2 rings (SSSR count). The second kappa shape index (κ2) is 6.17. The van der Waals surface area contributed by atoms with Crippen LogP contribution < -0.4 is 0 Å². The maximum Gasteiger partial charge on any atom is 0.290 e. The monoisotopic (exact) mass is 301 g/mol. The summed E-state index contributed by atoms with van der Waals surface area (Å²) in [6.07, 6.45) is -2.72. The van der Waals surface area contributed by atoms with E-state index in [4.69, 9.17) is 9.52 Å². The number of carbonyl (C=O) groups excluding carboxylic acids is 1. The Kier molecular flexibility index (Phi) is 4.52. The van der Waals surface area contributed by atoms with Crippen molar-refractivity contribution >= 4 is 16.9 Å². The lowest BCUT2D eigenvalue weighted by atomic mass is 10.1. The maximum atomic E-state index is 13.2. The van der Waals surface area contributed by atoms with Crippen LogP contribution in [0.1, 0.15) is 16.1 Å². The van der Waals surface area contributed by atoms with Crippen LogP contribution in [0.2, 0.25) is 0 Å². The minimum atomic E-state index is -2.72. The number of fused-ring (bicyclic) bond motifs is 1. The van der Waals surface area contributed by atoms with Gasteiger partial charge in [0.1, 0.15) is 11.4 Å². The molecule has 1 amide bonds. The van der Waals surface area contributed by atoms with Crippen molar-refractivity contribution < 1.29 is 27.5 Å². The lowest BCUT2D eigenvalue weighted by Gasteiger charge is -2.20. The molecule has 0 bridgehead atoms. The molecule has 1 aromatic heterocycles. The minimum absolute atomic E-state index is 0.121. The van der Waals surface area contributed by atoms with Gasteiger partial charge in [0.15, 0.2) is 5.76 Å². The highest BCUT2D eigenvalue weighted by atomic mass is 19.3. The first-order valence-electron chi connectivity index (χ1n) is 6.31. The number of furan rings is 1. The summed E-state index contributed by atoms with van der Waals surface area (Å²) in [6, 6.07) is 3.77. The number of carbonyl (C=O) groups is 1.